The number of carbonyl (C=O) groups excluding carboxylic acids is 1. The Balaban J connectivity index is 2.53. The Bertz CT molecular complexity index is 436. The highest BCUT2D eigenvalue weighted by molar-refractivity contribution is 7.92. The number of aromatic nitrogens is 1. The number of sulfone groups is 1. The molecule has 0 aliphatic heterocycles. The van der Waals surface area contributed by atoms with Gasteiger partial charge in [-0.2, -0.15) is 0 Å². The zero-order valence-corrected chi connectivity index (χ0v) is 9.47. The first-order valence-corrected chi connectivity index (χ1v) is 6.74. The number of rotatable bonds is 5. The number of nitrogens with one attached hydrogen (secondary N) is 1. The molecule has 0 saturated carbocycles. The van der Waals surface area contributed by atoms with Crippen LogP contribution in [0.3, 0.4) is 0 Å². The second-order valence-electron chi connectivity index (χ2n) is 2.73. The molecule has 1 heterocycles. The van der Waals surface area contributed by atoms with Crippen molar-refractivity contribution in [1.82, 2.24) is 4.98 Å². The summed E-state index contributed by atoms with van der Waals surface area (Å²) in [6, 6.07) is 0. The molecule has 1 aromatic heterocycles. The smallest absolute Gasteiger partial charge is 0.241 e. The van der Waals surface area contributed by atoms with Crippen LogP contribution in [0.15, 0.2) is 24.2 Å². The fourth-order valence-corrected chi connectivity index (χ4v) is 2.37. The summed E-state index contributed by atoms with van der Waals surface area (Å²) in [6.45, 7) is 3.31. The number of thiazole rings is 1. The summed E-state index contributed by atoms with van der Waals surface area (Å²) in [5.41, 5.74) is 0. The van der Waals surface area contributed by atoms with Crippen LogP contribution in [-0.4, -0.2) is 30.8 Å². The first kappa shape index (κ1) is 11.9. The average molecular weight is 246 g/mol. The van der Waals surface area contributed by atoms with Crippen molar-refractivity contribution >= 4 is 32.2 Å². The van der Waals surface area contributed by atoms with Gasteiger partial charge in [0.15, 0.2) is 15.0 Å². The van der Waals surface area contributed by atoms with E-state index in [1.165, 1.54) is 23.6 Å². The fourth-order valence-electron chi connectivity index (χ4n) is 0.879. The van der Waals surface area contributed by atoms with Gasteiger partial charge in [-0.15, -0.1) is 17.9 Å². The minimum absolute atomic E-state index is 0.196. The van der Waals surface area contributed by atoms with Crippen LogP contribution in [0.5, 0.6) is 0 Å². The molecule has 15 heavy (non-hydrogen) atoms. The minimum atomic E-state index is -3.39. The van der Waals surface area contributed by atoms with Gasteiger partial charge in [0.1, 0.15) is 5.75 Å². The summed E-state index contributed by atoms with van der Waals surface area (Å²) in [4.78, 5) is 15.0. The van der Waals surface area contributed by atoms with Gasteiger partial charge in [-0.3, -0.25) is 4.79 Å². The lowest BCUT2D eigenvalue weighted by Crippen LogP contribution is -2.24. The first-order chi connectivity index (χ1) is 7.03. The van der Waals surface area contributed by atoms with Crippen LogP contribution >= 0.6 is 11.3 Å². The zero-order valence-electron chi connectivity index (χ0n) is 7.84. The van der Waals surface area contributed by atoms with Gasteiger partial charge in [-0.25, -0.2) is 13.4 Å². The molecule has 5 nitrogen and oxygen atoms in total. The van der Waals surface area contributed by atoms with E-state index in [1.807, 2.05) is 0 Å². The molecule has 0 atom stereocenters. The predicted molar refractivity (Wildman–Crippen MR) is 59.6 cm³/mol. The van der Waals surface area contributed by atoms with Crippen LogP contribution in [0.4, 0.5) is 5.13 Å². The van der Waals surface area contributed by atoms with E-state index in [0.29, 0.717) is 5.13 Å². The number of anilines is 1. The monoisotopic (exact) mass is 246 g/mol. The van der Waals surface area contributed by atoms with Crippen molar-refractivity contribution in [2.24, 2.45) is 0 Å². The standard InChI is InChI=1S/C8H10N2O3S2/c1-2-5-15(12,13)6-7(11)10-8-9-3-4-14-8/h2-4H,1,5-6H2,(H,9,10,11). The lowest BCUT2D eigenvalue weighted by molar-refractivity contribution is -0.113. The third kappa shape index (κ3) is 4.22. The molecule has 7 heteroatoms. The normalized spacial score (nSPS) is 10.9. The summed E-state index contributed by atoms with van der Waals surface area (Å²) < 4.78 is 22.4. The third-order valence-electron chi connectivity index (χ3n) is 1.40. The Morgan fingerprint density at radius 2 is 2.40 bits per heavy atom. The van der Waals surface area contributed by atoms with Gasteiger partial charge in [0.2, 0.25) is 5.91 Å². The van der Waals surface area contributed by atoms with E-state index in [9.17, 15) is 13.2 Å². The van der Waals surface area contributed by atoms with E-state index < -0.39 is 21.5 Å². The number of hydrogen-bond donors (Lipinski definition) is 1. The topological polar surface area (TPSA) is 76.1 Å². The van der Waals surface area contributed by atoms with Crippen molar-refractivity contribution in [3.8, 4) is 0 Å². The summed E-state index contributed by atoms with van der Waals surface area (Å²) in [5, 5.41) is 4.48. The molecule has 1 N–H and O–H groups in total. The third-order valence-corrected chi connectivity index (χ3v) is 3.54. The van der Waals surface area contributed by atoms with Gasteiger partial charge in [-0.1, -0.05) is 6.08 Å². The van der Waals surface area contributed by atoms with Gasteiger partial charge >= 0.3 is 0 Å². The van der Waals surface area contributed by atoms with Gasteiger partial charge in [0.05, 0.1) is 5.75 Å². The van der Waals surface area contributed by atoms with Crippen LogP contribution in [-0.2, 0) is 14.6 Å². The van der Waals surface area contributed by atoms with Gasteiger partial charge in [0, 0.05) is 11.6 Å². The molecular weight excluding hydrogens is 236 g/mol. The largest absolute Gasteiger partial charge is 0.301 e. The SMILES string of the molecule is C=CCS(=O)(=O)CC(=O)Nc1nccs1. The van der Waals surface area contributed by atoms with E-state index in [1.54, 1.807) is 5.38 Å². The van der Waals surface area contributed by atoms with Crippen LogP contribution in [0.1, 0.15) is 0 Å². The van der Waals surface area contributed by atoms with Crippen molar-refractivity contribution in [2.45, 2.75) is 0 Å². The highest BCUT2D eigenvalue weighted by Crippen LogP contribution is 2.10. The molecule has 0 radical (unpaired) electrons. The Morgan fingerprint density at radius 3 is 2.93 bits per heavy atom. The maximum Gasteiger partial charge on any atom is 0.241 e. The number of amides is 1. The summed E-state index contributed by atoms with van der Waals surface area (Å²) in [7, 11) is -3.39. The average Bonchev–Trinajstić information content (AvgIpc) is 2.54. The number of hydrogen-bond acceptors (Lipinski definition) is 5. The van der Waals surface area contributed by atoms with Crippen LogP contribution in [0, 0.1) is 0 Å². The molecule has 0 bridgehead atoms. The predicted octanol–water partition coefficient (Wildman–Crippen LogP) is 0.682. The highest BCUT2D eigenvalue weighted by Gasteiger charge is 2.15. The van der Waals surface area contributed by atoms with E-state index in [0.717, 1.165) is 0 Å². The van der Waals surface area contributed by atoms with Crippen molar-refractivity contribution in [3.63, 3.8) is 0 Å². The Kier molecular flexibility index (Phi) is 3.98. The van der Waals surface area contributed by atoms with Gasteiger partial charge < -0.3 is 5.32 Å². The molecule has 1 aromatic rings. The van der Waals surface area contributed by atoms with Crippen molar-refractivity contribution in [3.05, 3.63) is 24.2 Å². The summed E-state index contributed by atoms with van der Waals surface area (Å²) in [6.07, 6.45) is 2.78. The Morgan fingerprint density at radius 1 is 1.67 bits per heavy atom. The van der Waals surface area contributed by atoms with E-state index in [-0.39, 0.29) is 5.75 Å². The fraction of sp³-hybridized carbons (Fsp3) is 0.250. The molecule has 0 aliphatic carbocycles. The molecule has 1 rings (SSSR count). The lowest BCUT2D eigenvalue weighted by atomic mass is 10.7. The first-order valence-electron chi connectivity index (χ1n) is 4.04. The van der Waals surface area contributed by atoms with Gasteiger partial charge in [-0.05, 0) is 0 Å². The molecular formula is C8H10N2O3S2. The maximum atomic E-state index is 11.2. The second kappa shape index (κ2) is 5.04. The Labute approximate surface area is 91.8 Å². The zero-order chi connectivity index (χ0) is 11.3. The van der Waals surface area contributed by atoms with E-state index in [4.69, 9.17) is 0 Å². The Hall–Kier alpha value is -1.21. The van der Waals surface area contributed by atoms with Crippen LogP contribution in [0.2, 0.25) is 0 Å². The molecule has 0 fully saturated rings. The quantitative estimate of drug-likeness (QED) is 0.775. The molecule has 82 valence electrons. The van der Waals surface area contributed by atoms with Crippen molar-refractivity contribution < 1.29 is 13.2 Å². The van der Waals surface area contributed by atoms with E-state index >= 15 is 0 Å². The molecule has 0 saturated heterocycles. The van der Waals surface area contributed by atoms with E-state index in [2.05, 4.69) is 16.9 Å². The molecule has 0 aromatic carbocycles. The molecule has 0 unspecified atom stereocenters. The van der Waals surface area contributed by atoms with Crippen LogP contribution in [0.25, 0.3) is 0 Å². The number of carbonyl (C=O) groups is 1. The lowest BCUT2D eigenvalue weighted by Gasteiger charge is -2.01. The van der Waals surface area contributed by atoms with Gasteiger partial charge in [0.25, 0.3) is 0 Å². The molecule has 0 aliphatic rings. The highest BCUT2D eigenvalue weighted by atomic mass is 32.2. The van der Waals surface area contributed by atoms with Crippen LogP contribution < -0.4 is 5.32 Å². The molecule has 0 spiro atoms. The maximum absolute atomic E-state index is 11.2. The summed E-state index contributed by atoms with van der Waals surface area (Å²) in [5.74, 6) is -1.32. The van der Waals surface area contributed by atoms with Crippen molar-refractivity contribution in [1.29, 1.82) is 0 Å². The second-order valence-corrected chi connectivity index (χ2v) is 5.73. The number of nitrogens with zero attached hydrogens (tertiary/aromatic N) is 1. The van der Waals surface area contributed by atoms with Crippen molar-refractivity contribution in [2.75, 3.05) is 16.8 Å². The summed E-state index contributed by atoms with van der Waals surface area (Å²) >= 11 is 1.23. The minimum Gasteiger partial charge on any atom is -0.301 e. The molecule has 1 amide bonds.